The number of rotatable bonds is 21. The molecule has 3 unspecified atom stereocenters. The van der Waals surface area contributed by atoms with Crippen LogP contribution in [0.3, 0.4) is 0 Å². The van der Waals surface area contributed by atoms with E-state index in [1.807, 2.05) is 6.92 Å². The zero-order valence-electron chi connectivity index (χ0n) is 20.7. The molecule has 9 nitrogen and oxygen atoms in total. The van der Waals surface area contributed by atoms with Gasteiger partial charge in [0.05, 0.1) is 12.2 Å². The Labute approximate surface area is 190 Å². The van der Waals surface area contributed by atoms with Gasteiger partial charge in [-0.2, -0.15) is 0 Å². The molecule has 0 heterocycles. The summed E-state index contributed by atoms with van der Waals surface area (Å²) in [5, 5.41) is 16.3. The highest BCUT2D eigenvalue weighted by Gasteiger charge is 2.22. The van der Waals surface area contributed by atoms with Gasteiger partial charge < -0.3 is 42.8 Å². The Hall–Kier alpha value is -0.810. The van der Waals surface area contributed by atoms with E-state index in [1.54, 1.807) is 0 Å². The maximum atomic E-state index is 12.0. The smallest absolute Gasteiger partial charge is 0.221 e. The van der Waals surface area contributed by atoms with Crippen LogP contribution in [-0.4, -0.2) is 89.1 Å². The first-order valence-corrected chi connectivity index (χ1v) is 11.9. The van der Waals surface area contributed by atoms with E-state index in [0.717, 1.165) is 45.7 Å². The third kappa shape index (κ3) is 19.6. The molecule has 0 rings (SSSR count). The van der Waals surface area contributed by atoms with Gasteiger partial charge in [0, 0.05) is 77.4 Å². The van der Waals surface area contributed by atoms with Gasteiger partial charge in [-0.05, 0) is 40.0 Å². The molecule has 0 fully saturated rings. The highest BCUT2D eigenvalue weighted by atomic mass is 16.5. The number of hydrogen-bond acceptors (Lipinski definition) is 8. The summed E-state index contributed by atoms with van der Waals surface area (Å²) in [5.41, 5.74) is 11.1. The lowest BCUT2D eigenvalue weighted by Gasteiger charge is -2.30. The van der Waals surface area contributed by atoms with Crippen molar-refractivity contribution in [2.24, 2.45) is 17.4 Å². The van der Waals surface area contributed by atoms with Crippen LogP contribution in [0.25, 0.3) is 0 Å². The van der Waals surface area contributed by atoms with Crippen LogP contribution in [0.4, 0.5) is 0 Å². The zero-order valence-corrected chi connectivity index (χ0v) is 20.7. The van der Waals surface area contributed by atoms with Crippen molar-refractivity contribution in [3.8, 4) is 0 Å². The van der Waals surface area contributed by atoms with Crippen LogP contribution < -0.4 is 38.1 Å². The Morgan fingerprint density at radius 2 is 1.45 bits per heavy atom. The summed E-state index contributed by atoms with van der Waals surface area (Å²) in [6, 6.07) is 0.402. The molecular formula is C22H51N7O2. The summed E-state index contributed by atoms with van der Waals surface area (Å²) in [4.78, 5) is 12.0. The molecule has 0 aliphatic heterocycles. The standard InChI is InChI=1S/C22H51N7O2/c1-18(17-31-22(4,5)16-19(2)24)20(3)28-8-6-21(30)29-15-14-27-13-12-26-11-10-25-9-7-23/h18-20,25-28H,6-17,23-24H2,1-5H3,(H,29,30). The second kappa shape index (κ2) is 18.7. The third-order valence-electron chi connectivity index (χ3n) is 5.12. The van der Waals surface area contributed by atoms with Gasteiger partial charge in [-0.1, -0.05) is 6.92 Å². The van der Waals surface area contributed by atoms with Crippen molar-refractivity contribution in [3.63, 3.8) is 0 Å². The minimum Gasteiger partial charge on any atom is -0.375 e. The summed E-state index contributed by atoms with van der Waals surface area (Å²) in [6.07, 6.45) is 1.31. The Morgan fingerprint density at radius 1 is 0.903 bits per heavy atom. The number of nitrogens with two attached hydrogens (primary N) is 2. The van der Waals surface area contributed by atoms with Gasteiger partial charge in [0.25, 0.3) is 0 Å². The first-order chi connectivity index (χ1) is 14.7. The number of hydrogen-bond donors (Lipinski definition) is 7. The van der Waals surface area contributed by atoms with E-state index in [1.165, 1.54) is 0 Å². The van der Waals surface area contributed by atoms with Crippen LogP contribution in [0.1, 0.15) is 47.5 Å². The Morgan fingerprint density at radius 3 is 2.00 bits per heavy atom. The normalized spacial score (nSPS) is 14.9. The molecule has 0 spiro atoms. The number of amides is 1. The van der Waals surface area contributed by atoms with Gasteiger partial charge >= 0.3 is 0 Å². The van der Waals surface area contributed by atoms with Crippen molar-refractivity contribution in [1.29, 1.82) is 0 Å². The van der Waals surface area contributed by atoms with Gasteiger partial charge in [-0.15, -0.1) is 0 Å². The van der Waals surface area contributed by atoms with Gasteiger partial charge in [-0.25, -0.2) is 0 Å². The van der Waals surface area contributed by atoms with Crippen molar-refractivity contribution in [2.45, 2.75) is 65.1 Å². The summed E-state index contributed by atoms with van der Waals surface area (Å²) in [7, 11) is 0. The molecule has 1 amide bonds. The fourth-order valence-corrected chi connectivity index (χ4v) is 3.16. The molecule has 0 aromatic rings. The topological polar surface area (TPSA) is 138 Å². The molecule has 0 bridgehead atoms. The second-order valence-electron chi connectivity index (χ2n) is 9.11. The number of ether oxygens (including phenoxy) is 1. The number of carbonyl (C=O) groups is 1. The average molecular weight is 446 g/mol. The van der Waals surface area contributed by atoms with Gasteiger partial charge in [0.1, 0.15) is 0 Å². The molecule has 9 N–H and O–H groups in total. The molecule has 0 aliphatic carbocycles. The fourth-order valence-electron chi connectivity index (χ4n) is 3.16. The number of nitrogens with one attached hydrogen (secondary N) is 5. The molecule has 0 saturated heterocycles. The third-order valence-corrected chi connectivity index (χ3v) is 5.12. The van der Waals surface area contributed by atoms with E-state index in [-0.39, 0.29) is 23.6 Å². The van der Waals surface area contributed by atoms with Crippen molar-refractivity contribution in [2.75, 3.05) is 65.5 Å². The summed E-state index contributed by atoms with van der Waals surface area (Å²) in [6.45, 7) is 18.4. The van der Waals surface area contributed by atoms with Crippen LogP contribution in [0, 0.1) is 5.92 Å². The van der Waals surface area contributed by atoms with Crippen LogP contribution in [0.2, 0.25) is 0 Å². The Balaban J connectivity index is 3.63. The number of carbonyl (C=O) groups excluding carboxylic acids is 1. The fraction of sp³-hybridized carbons (Fsp3) is 0.955. The largest absolute Gasteiger partial charge is 0.375 e. The highest BCUT2D eigenvalue weighted by molar-refractivity contribution is 5.76. The van der Waals surface area contributed by atoms with Gasteiger partial charge in [0.2, 0.25) is 5.91 Å². The van der Waals surface area contributed by atoms with E-state index < -0.39 is 0 Å². The van der Waals surface area contributed by atoms with Crippen LogP contribution >= 0.6 is 0 Å². The average Bonchev–Trinajstić information content (AvgIpc) is 2.69. The summed E-state index contributed by atoms with van der Waals surface area (Å²) in [5.74, 6) is 0.428. The van der Waals surface area contributed by atoms with Crippen molar-refractivity contribution in [3.05, 3.63) is 0 Å². The van der Waals surface area contributed by atoms with E-state index in [2.05, 4.69) is 54.3 Å². The predicted molar refractivity (Wildman–Crippen MR) is 130 cm³/mol. The lowest BCUT2D eigenvalue weighted by Crippen LogP contribution is -2.40. The SMILES string of the molecule is CC(N)CC(C)(C)OCC(C)C(C)NCCC(=O)NCCNCCNCCNCCN. The zero-order chi connectivity index (χ0) is 23.5. The highest BCUT2D eigenvalue weighted by Crippen LogP contribution is 2.18. The monoisotopic (exact) mass is 445 g/mol. The maximum absolute atomic E-state index is 12.0. The minimum absolute atomic E-state index is 0.0765. The molecule has 9 heteroatoms. The van der Waals surface area contributed by atoms with Gasteiger partial charge in [-0.3, -0.25) is 4.79 Å². The van der Waals surface area contributed by atoms with Crippen molar-refractivity contribution < 1.29 is 9.53 Å². The first-order valence-electron chi connectivity index (χ1n) is 11.9. The molecule has 0 radical (unpaired) electrons. The molecule has 31 heavy (non-hydrogen) atoms. The maximum Gasteiger partial charge on any atom is 0.221 e. The minimum atomic E-state index is -0.214. The molecule has 0 aromatic carbocycles. The first kappa shape index (κ1) is 30.2. The van der Waals surface area contributed by atoms with Crippen molar-refractivity contribution >= 4 is 5.91 Å². The molecular weight excluding hydrogens is 394 g/mol. The predicted octanol–water partition coefficient (Wildman–Crippen LogP) is -0.633. The Kier molecular flexibility index (Phi) is 18.2. The lowest BCUT2D eigenvalue weighted by atomic mass is 9.99. The quantitative estimate of drug-likeness (QED) is 0.116. The molecule has 186 valence electrons. The molecule has 0 saturated carbocycles. The van der Waals surface area contributed by atoms with E-state index >= 15 is 0 Å². The van der Waals surface area contributed by atoms with Crippen LogP contribution in [0.5, 0.6) is 0 Å². The lowest BCUT2D eigenvalue weighted by molar-refractivity contribution is -0.121. The summed E-state index contributed by atoms with van der Waals surface area (Å²) >= 11 is 0. The molecule has 3 atom stereocenters. The van der Waals surface area contributed by atoms with Crippen LogP contribution in [0.15, 0.2) is 0 Å². The van der Waals surface area contributed by atoms with E-state index in [0.29, 0.717) is 38.6 Å². The van der Waals surface area contributed by atoms with E-state index in [9.17, 15) is 4.79 Å². The van der Waals surface area contributed by atoms with E-state index in [4.69, 9.17) is 16.2 Å². The second-order valence-corrected chi connectivity index (χ2v) is 9.11. The van der Waals surface area contributed by atoms with Crippen molar-refractivity contribution in [1.82, 2.24) is 26.6 Å². The van der Waals surface area contributed by atoms with Gasteiger partial charge in [0.15, 0.2) is 0 Å². The summed E-state index contributed by atoms with van der Waals surface area (Å²) < 4.78 is 6.05. The van der Waals surface area contributed by atoms with Crippen LogP contribution in [-0.2, 0) is 9.53 Å². The Bertz CT molecular complexity index is 436. The molecule has 0 aromatic heterocycles. The molecule has 0 aliphatic rings.